The third kappa shape index (κ3) is 3.41. The van der Waals surface area contributed by atoms with Gasteiger partial charge in [0, 0.05) is 22.8 Å². The Morgan fingerprint density at radius 2 is 2.00 bits per heavy atom. The van der Waals surface area contributed by atoms with E-state index in [1.807, 2.05) is 6.07 Å². The molecule has 0 saturated carbocycles. The predicted molar refractivity (Wildman–Crippen MR) is 80.9 cm³/mol. The predicted octanol–water partition coefficient (Wildman–Crippen LogP) is 4.08. The number of aryl methyl sites for hydroxylation is 1. The van der Waals surface area contributed by atoms with Crippen LogP contribution in [-0.4, -0.2) is 12.2 Å². The van der Waals surface area contributed by atoms with Crippen LogP contribution in [0.3, 0.4) is 0 Å². The highest BCUT2D eigenvalue weighted by atomic mass is 79.9. The number of hydrogen-bond acceptors (Lipinski definition) is 3. The van der Waals surface area contributed by atoms with Crippen molar-refractivity contribution in [2.75, 3.05) is 12.4 Å². The van der Waals surface area contributed by atoms with E-state index in [-0.39, 0.29) is 5.75 Å². The highest BCUT2D eigenvalue weighted by molar-refractivity contribution is 9.10. The summed E-state index contributed by atoms with van der Waals surface area (Å²) < 4.78 is 6.11. The summed E-state index contributed by atoms with van der Waals surface area (Å²) in [6.07, 6.45) is 0. The van der Waals surface area contributed by atoms with Crippen LogP contribution in [-0.2, 0) is 6.54 Å². The standard InChI is InChI=1S/C15H16BrNO2/c1-10-3-4-11(7-13(10)16)9-17-12-5-6-15(19-2)14(18)8-12/h3-8,17-18H,9H2,1-2H3. The van der Waals surface area contributed by atoms with Crippen LogP contribution in [0.2, 0.25) is 0 Å². The van der Waals surface area contributed by atoms with Crippen molar-refractivity contribution in [3.8, 4) is 11.5 Å². The van der Waals surface area contributed by atoms with Crippen LogP contribution in [0, 0.1) is 6.92 Å². The number of anilines is 1. The Bertz CT molecular complexity index is 584. The second kappa shape index (κ2) is 5.97. The van der Waals surface area contributed by atoms with Gasteiger partial charge in [0.2, 0.25) is 0 Å². The minimum atomic E-state index is 0.137. The molecule has 0 bridgehead atoms. The molecule has 2 aromatic rings. The molecule has 100 valence electrons. The minimum Gasteiger partial charge on any atom is -0.504 e. The molecule has 0 aromatic heterocycles. The maximum absolute atomic E-state index is 9.70. The van der Waals surface area contributed by atoms with E-state index in [1.165, 1.54) is 18.2 Å². The Labute approximate surface area is 121 Å². The quantitative estimate of drug-likeness (QED) is 0.891. The van der Waals surface area contributed by atoms with Gasteiger partial charge < -0.3 is 15.2 Å². The average Bonchev–Trinajstić information content (AvgIpc) is 2.40. The normalized spacial score (nSPS) is 10.3. The van der Waals surface area contributed by atoms with Crippen molar-refractivity contribution in [1.82, 2.24) is 0 Å². The Hall–Kier alpha value is -1.68. The van der Waals surface area contributed by atoms with Gasteiger partial charge in [0.15, 0.2) is 11.5 Å². The second-order valence-electron chi connectivity index (χ2n) is 4.32. The summed E-state index contributed by atoms with van der Waals surface area (Å²) in [5.74, 6) is 0.612. The number of phenols is 1. The molecule has 19 heavy (non-hydrogen) atoms. The van der Waals surface area contributed by atoms with E-state index in [0.29, 0.717) is 12.3 Å². The van der Waals surface area contributed by atoms with Crippen molar-refractivity contribution >= 4 is 21.6 Å². The van der Waals surface area contributed by atoms with Crippen LogP contribution in [0.4, 0.5) is 5.69 Å². The van der Waals surface area contributed by atoms with Crippen molar-refractivity contribution in [3.05, 3.63) is 52.0 Å². The first kappa shape index (κ1) is 13.7. The molecule has 0 amide bonds. The van der Waals surface area contributed by atoms with E-state index in [4.69, 9.17) is 4.74 Å². The number of rotatable bonds is 4. The summed E-state index contributed by atoms with van der Waals surface area (Å²) in [5, 5.41) is 13.0. The highest BCUT2D eigenvalue weighted by Crippen LogP contribution is 2.28. The van der Waals surface area contributed by atoms with Gasteiger partial charge in [-0.2, -0.15) is 0 Å². The first-order chi connectivity index (χ1) is 9.10. The summed E-state index contributed by atoms with van der Waals surface area (Å²) in [4.78, 5) is 0. The van der Waals surface area contributed by atoms with E-state index in [2.05, 4.69) is 46.4 Å². The number of nitrogens with one attached hydrogen (secondary N) is 1. The topological polar surface area (TPSA) is 41.5 Å². The molecule has 0 unspecified atom stereocenters. The van der Waals surface area contributed by atoms with Gasteiger partial charge in [0.05, 0.1) is 7.11 Å². The van der Waals surface area contributed by atoms with Gasteiger partial charge in [0.25, 0.3) is 0 Å². The number of halogens is 1. The average molecular weight is 322 g/mol. The summed E-state index contributed by atoms with van der Waals surface area (Å²) in [5.41, 5.74) is 3.24. The zero-order valence-electron chi connectivity index (χ0n) is 10.9. The summed E-state index contributed by atoms with van der Waals surface area (Å²) >= 11 is 3.52. The van der Waals surface area contributed by atoms with Gasteiger partial charge in [-0.15, -0.1) is 0 Å². The molecule has 3 nitrogen and oxygen atoms in total. The van der Waals surface area contributed by atoms with Gasteiger partial charge in [0.1, 0.15) is 0 Å². The molecule has 2 N–H and O–H groups in total. The molecular weight excluding hydrogens is 306 g/mol. The smallest absolute Gasteiger partial charge is 0.160 e. The molecule has 0 heterocycles. The molecule has 0 spiro atoms. The lowest BCUT2D eigenvalue weighted by molar-refractivity contribution is 0.373. The Morgan fingerprint density at radius 3 is 2.63 bits per heavy atom. The van der Waals surface area contributed by atoms with E-state index in [1.54, 1.807) is 12.1 Å². The van der Waals surface area contributed by atoms with Crippen molar-refractivity contribution in [2.24, 2.45) is 0 Å². The van der Waals surface area contributed by atoms with E-state index >= 15 is 0 Å². The van der Waals surface area contributed by atoms with Crippen molar-refractivity contribution in [3.63, 3.8) is 0 Å². The molecule has 0 saturated heterocycles. The van der Waals surface area contributed by atoms with Gasteiger partial charge in [-0.25, -0.2) is 0 Å². The van der Waals surface area contributed by atoms with Crippen LogP contribution >= 0.6 is 15.9 Å². The molecule has 0 aliphatic rings. The Balaban J connectivity index is 2.05. The number of benzene rings is 2. The fourth-order valence-corrected chi connectivity index (χ4v) is 2.18. The second-order valence-corrected chi connectivity index (χ2v) is 5.18. The monoisotopic (exact) mass is 321 g/mol. The lowest BCUT2D eigenvalue weighted by Crippen LogP contribution is -1.99. The maximum Gasteiger partial charge on any atom is 0.160 e. The molecule has 2 aromatic carbocycles. The van der Waals surface area contributed by atoms with Crippen LogP contribution in [0.25, 0.3) is 0 Å². The van der Waals surface area contributed by atoms with E-state index in [9.17, 15) is 5.11 Å². The summed E-state index contributed by atoms with van der Waals surface area (Å²) in [6, 6.07) is 11.5. The van der Waals surface area contributed by atoms with Crippen molar-refractivity contribution in [1.29, 1.82) is 0 Å². The Kier molecular flexibility index (Phi) is 4.32. The molecule has 0 aliphatic heterocycles. The number of methoxy groups -OCH3 is 1. The maximum atomic E-state index is 9.70. The van der Waals surface area contributed by atoms with Gasteiger partial charge >= 0.3 is 0 Å². The molecular formula is C15H16BrNO2. The zero-order valence-corrected chi connectivity index (χ0v) is 12.5. The fourth-order valence-electron chi connectivity index (χ4n) is 1.75. The molecule has 0 aliphatic carbocycles. The van der Waals surface area contributed by atoms with Gasteiger partial charge in [-0.1, -0.05) is 28.1 Å². The zero-order chi connectivity index (χ0) is 13.8. The molecule has 0 radical (unpaired) electrons. The van der Waals surface area contributed by atoms with E-state index < -0.39 is 0 Å². The number of aromatic hydroxyl groups is 1. The number of phenolic OH excluding ortho intramolecular Hbond substituents is 1. The third-order valence-electron chi connectivity index (χ3n) is 2.91. The summed E-state index contributed by atoms with van der Waals surface area (Å²) in [7, 11) is 1.53. The molecule has 4 heteroatoms. The van der Waals surface area contributed by atoms with Gasteiger partial charge in [-0.3, -0.25) is 0 Å². The van der Waals surface area contributed by atoms with Crippen LogP contribution in [0.15, 0.2) is 40.9 Å². The van der Waals surface area contributed by atoms with Crippen LogP contribution in [0.1, 0.15) is 11.1 Å². The molecule has 0 atom stereocenters. The first-order valence-corrected chi connectivity index (χ1v) is 6.75. The highest BCUT2D eigenvalue weighted by Gasteiger charge is 2.03. The fraction of sp³-hybridized carbons (Fsp3) is 0.200. The van der Waals surface area contributed by atoms with E-state index in [0.717, 1.165) is 10.2 Å². The lowest BCUT2D eigenvalue weighted by Gasteiger charge is -2.10. The molecule has 0 fully saturated rings. The van der Waals surface area contributed by atoms with Crippen molar-refractivity contribution < 1.29 is 9.84 Å². The van der Waals surface area contributed by atoms with Gasteiger partial charge in [-0.05, 0) is 36.2 Å². The lowest BCUT2D eigenvalue weighted by atomic mass is 10.1. The Morgan fingerprint density at radius 1 is 1.21 bits per heavy atom. The van der Waals surface area contributed by atoms with Crippen molar-refractivity contribution in [2.45, 2.75) is 13.5 Å². The number of hydrogen-bond donors (Lipinski definition) is 2. The SMILES string of the molecule is COc1ccc(NCc2ccc(C)c(Br)c2)cc1O. The number of ether oxygens (including phenoxy) is 1. The molecule has 2 rings (SSSR count). The summed E-state index contributed by atoms with van der Waals surface area (Å²) in [6.45, 7) is 2.76. The third-order valence-corrected chi connectivity index (χ3v) is 3.77. The largest absolute Gasteiger partial charge is 0.504 e. The minimum absolute atomic E-state index is 0.137. The van der Waals surface area contributed by atoms with Crippen LogP contribution < -0.4 is 10.1 Å². The first-order valence-electron chi connectivity index (χ1n) is 5.96. The van der Waals surface area contributed by atoms with Crippen LogP contribution in [0.5, 0.6) is 11.5 Å².